The first-order valence-electron chi connectivity index (χ1n) is 6.91. The molecule has 4 aromatic rings. The number of nitrogens with zero attached hydrogens (tertiary/aromatic N) is 2. The highest BCUT2D eigenvalue weighted by atomic mass is 32.1. The van der Waals surface area contributed by atoms with Gasteiger partial charge < -0.3 is 14.1 Å². The van der Waals surface area contributed by atoms with Crippen LogP contribution in [0, 0.1) is 0 Å². The van der Waals surface area contributed by atoms with Crippen molar-refractivity contribution >= 4 is 28.2 Å². The molecule has 0 saturated heterocycles. The number of para-hydroxylation sites is 1. The van der Waals surface area contributed by atoms with Gasteiger partial charge in [0.1, 0.15) is 5.69 Å². The number of carbonyl (C=O) groups excluding carboxylic acids is 1. The second kappa shape index (κ2) is 5.69. The molecule has 3 aromatic heterocycles. The molecule has 6 nitrogen and oxygen atoms in total. The van der Waals surface area contributed by atoms with Crippen molar-refractivity contribution in [2.75, 3.05) is 0 Å². The molecule has 0 bridgehead atoms. The van der Waals surface area contributed by atoms with Crippen LogP contribution in [0.3, 0.4) is 0 Å². The number of hydrogen-bond acceptors (Lipinski definition) is 6. The Hall–Kier alpha value is -2.93. The van der Waals surface area contributed by atoms with E-state index in [9.17, 15) is 4.79 Å². The summed E-state index contributed by atoms with van der Waals surface area (Å²) in [4.78, 5) is 16.0. The quantitative estimate of drug-likeness (QED) is 0.579. The number of nitrogens with one attached hydrogen (secondary N) is 1. The van der Waals surface area contributed by atoms with Gasteiger partial charge >= 0.3 is 5.97 Å². The second-order valence-corrected chi connectivity index (χ2v) is 5.77. The molecule has 0 atom stereocenters. The van der Waals surface area contributed by atoms with Gasteiger partial charge in [-0.25, -0.2) is 4.79 Å². The lowest BCUT2D eigenvalue weighted by Gasteiger charge is -1.99. The molecule has 0 fully saturated rings. The highest BCUT2D eigenvalue weighted by Crippen LogP contribution is 2.23. The van der Waals surface area contributed by atoms with E-state index in [0.717, 1.165) is 15.8 Å². The largest absolute Gasteiger partial charge is 0.451 e. The van der Waals surface area contributed by atoms with Crippen molar-refractivity contribution in [3.63, 3.8) is 0 Å². The Kier molecular flexibility index (Phi) is 3.39. The first-order valence-corrected chi connectivity index (χ1v) is 7.79. The smallest absolute Gasteiger partial charge is 0.355 e. The summed E-state index contributed by atoms with van der Waals surface area (Å²) in [5.74, 6) is 0.228. The highest BCUT2D eigenvalue weighted by molar-refractivity contribution is 7.13. The summed E-state index contributed by atoms with van der Waals surface area (Å²) in [6.45, 7) is -0.0629. The van der Waals surface area contributed by atoms with Crippen LogP contribution in [-0.2, 0) is 11.3 Å². The molecule has 23 heavy (non-hydrogen) atoms. The molecular formula is C16H11N3O3S. The number of aromatic nitrogens is 3. The van der Waals surface area contributed by atoms with Crippen LogP contribution < -0.4 is 0 Å². The highest BCUT2D eigenvalue weighted by Gasteiger charge is 2.14. The number of H-pyrrole nitrogens is 1. The first-order chi connectivity index (χ1) is 11.3. The summed E-state index contributed by atoms with van der Waals surface area (Å²) in [7, 11) is 0. The summed E-state index contributed by atoms with van der Waals surface area (Å²) in [6.07, 6.45) is 0. The van der Waals surface area contributed by atoms with Crippen LogP contribution in [0.5, 0.6) is 0 Å². The number of rotatable bonds is 4. The Morgan fingerprint density at radius 2 is 2.13 bits per heavy atom. The minimum absolute atomic E-state index is 0.0629. The van der Waals surface area contributed by atoms with Gasteiger partial charge in [0.05, 0.1) is 4.88 Å². The van der Waals surface area contributed by atoms with E-state index in [1.54, 1.807) is 6.07 Å². The Balaban J connectivity index is 1.45. The maximum absolute atomic E-state index is 12.1. The van der Waals surface area contributed by atoms with Crippen LogP contribution in [-0.4, -0.2) is 21.2 Å². The maximum Gasteiger partial charge on any atom is 0.355 e. The Bertz CT molecular complexity index is 923. The van der Waals surface area contributed by atoms with Gasteiger partial charge in [-0.1, -0.05) is 24.3 Å². The molecule has 0 unspecified atom stereocenters. The summed E-state index contributed by atoms with van der Waals surface area (Å²) in [6, 6.07) is 13.2. The van der Waals surface area contributed by atoms with Gasteiger partial charge in [0, 0.05) is 10.9 Å². The van der Waals surface area contributed by atoms with Crippen molar-refractivity contribution in [3.05, 3.63) is 59.4 Å². The molecule has 3 heterocycles. The zero-order valence-electron chi connectivity index (χ0n) is 11.9. The molecule has 0 saturated carbocycles. The number of benzene rings is 1. The molecular weight excluding hydrogens is 314 g/mol. The fourth-order valence-corrected chi connectivity index (χ4v) is 2.84. The monoisotopic (exact) mass is 325 g/mol. The van der Waals surface area contributed by atoms with Crippen molar-refractivity contribution in [3.8, 4) is 10.8 Å². The fourth-order valence-electron chi connectivity index (χ4n) is 2.20. The standard InChI is InChI=1S/C16H11N3O3S/c20-16(12-8-10-4-1-2-5-11(10)17-12)21-9-14-18-19-15(22-14)13-6-3-7-23-13/h1-8,17H,9H2. The molecule has 1 aromatic carbocycles. The number of ether oxygens (including phenoxy) is 1. The van der Waals surface area contributed by atoms with Crippen LogP contribution in [0.15, 0.2) is 52.3 Å². The molecule has 0 radical (unpaired) electrons. The Morgan fingerprint density at radius 1 is 1.22 bits per heavy atom. The van der Waals surface area contributed by atoms with Gasteiger partial charge in [-0.2, -0.15) is 0 Å². The number of hydrogen-bond donors (Lipinski definition) is 1. The van der Waals surface area contributed by atoms with Gasteiger partial charge in [-0.05, 0) is 23.6 Å². The number of esters is 1. The Labute approximate surface area is 134 Å². The lowest BCUT2D eigenvalue weighted by atomic mass is 10.2. The number of aromatic amines is 1. The zero-order valence-corrected chi connectivity index (χ0v) is 12.7. The third-order valence-corrected chi connectivity index (χ3v) is 4.13. The SMILES string of the molecule is O=C(OCc1nnc(-c2cccs2)o1)c1cc2ccccc2[nH]1. The average Bonchev–Trinajstić information content (AvgIpc) is 3.31. The van der Waals surface area contributed by atoms with Crippen molar-refractivity contribution in [1.82, 2.24) is 15.2 Å². The van der Waals surface area contributed by atoms with Crippen LogP contribution in [0.4, 0.5) is 0 Å². The molecule has 0 spiro atoms. The topological polar surface area (TPSA) is 81.0 Å². The molecule has 0 aliphatic heterocycles. The van der Waals surface area contributed by atoms with Crippen LogP contribution in [0.25, 0.3) is 21.7 Å². The van der Waals surface area contributed by atoms with E-state index in [-0.39, 0.29) is 12.5 Å². The lowest BCUT2D eigenvalue weighted by Crippen LogP contribution is -2.05. The minimum Gasteiger partial charge on any atom is -0.451 e. The number of thiophene rings is 1. The summed E-state index contributed by atoms with van der Waals surface area (Å²) >= 11 is 1.50. The van der Waals surface area contributed by atoms with E-state index in [4.69, 9.17) is 9.15 Å². The second-order valence-electron chi connectivity index (χ2n) is 4.82. The molecule has 0 aliphatic carbocycles. The fraction of sp³-hybridized carbons (Fsp3) is 0.0625. The molecule has 7 heteroatoms. The van der Waals surface area contributed by atoms with Crippen molar-refractivity contribution in [2.24, 2.45) is 0 Å². The molecule has 0 amide bonds. The van der Waals surface area contributed by atoms with E-state index in [2.05, 4.69) is 15.2 Å². The summed E-state index contributed by atoms with van der Waals surface area (Å²) in [5.41, 5.74) is 1.28. The predicted octanol–water partition coefficient (Wildman–Crippen LogP) is 3.64. The normalized spacial score (nSPS) is 11.0. The summed E-state index contributed by atoms with van der Waals surface area (Å²) in [5, 5.41) is 10.7. The molecule has 4 rings (SSSR count). The van der Waals surface area contributed by atoms with Crippen LogP contribution in [0.2, 0.25) is 0 Å². The van der Waals surface area contributed by atoms with Gasteiger partial charge in [0.25, 0.3) is 11.8 Å². The minimum atomic E-state index is -0.461. The molecule has 1 N–H and O–H groups in total. The third-order valence-electron chi connectivity index (χ3n) is 3.28. The van der Waals surface area contributed by atoms with Gasteiger partial charge in [0.15, 0.2) is 6.61 Å². The van der Waals surface area contributed by atoms with Gasteiger partial charge in [0.2, 0.25) is 0 Å². The number of fused-ring (bicyclic) bond motifs is 1. The summed E-state index contributed by atoms with van der Waals surface area (Å²) < 4.78 is 10.7. The van der Waals surface area contributed by atoms with E-state index in [1.165, 1.54) is 11.3 Å². The third kappa shape index (κ3) is 2.74. The molecule has 0 aliphatic rings. The van der Waals surface area contributed by atoms with Crippen LogP contribution >= 0.6 is 11.3 Å². The predicted molar refractivity (Wildman–Crippen MR) is 85.0 cm³/mol. The van der Waals surface area contributed by atoms with Crippen LogP contribution in [0.1, 0.15) is 16.4 Å². The van der Waals surface area contributed by atoms with Crippen molar-refractivity contribution in [2.45, 2.75) is 6.61 Å². The average molecular weight is 325 g/mol. The first kappa shape index (κ1) is 13.7. The zero-order chi connectivity index (χ0) is 15.6. The number of carbonyl (C=O) groups is 1. The van der Waals surface area contributed by atoms with Gasteiger partial charge in [-0.15, -0.1) is 21.5 Å². The molecule has 114 valence electrons. The van der Waals surface area contributed by atoms with Gasteiger partial charge in [-0.3, -0.25) is 0 Å². The van der Waals surface area contributed by atoms with E-state index in [0.29, 0.717) is 11.6 Å². The van der Waals surface area contributed by atoms with E-state index >= 15 is 0 Å². The van der Waals surface area contributed by atoms with E-state index in [1.807, 2.05) is 41.8 Å². The van der Waals surface area contributed by atoms with Crippen molar-refractivity contribution < 1.29 is 13.9 Å². The van der Waals surface area contributed by atoms with Crippen molar-refractivity contribution in [1.29, 1.82) is 0 Å². The maximum atomic E-state index is 12.1. The Morgan fingerprint density at radius 3 is 2.96 bits per heavy atom. The van der Waals surface area contributed by atoms with E-state index < -0.39 is 5.97 Å². The lowest BCUT2D eigenvalue weighted by molar-refractivity contribution is 0.0433.